The summed E-state index contributed by atoms with van der Waals surface area (Å²) in [6, 6.07) is 2.61. The molecule has 0 radical (unpaired) electrons. The molecule has 0 atom stereocenters. The van der Waals surface area contributed by atoms with E-state index in [-0.39, 0.29) is 5.75 Å². The molecule has 0 unspecified atom stereocenters. The van der Waals surface area contributed by atoms with E-state index in [0.29, 0.717) is 3.57 Å². The zero-order valence-corrected chi connectivity index (χ0v) is 11.4. The summed E-state index contributed by atoms with van der Waals surface area (Å²) >= 11 is 1.81. The third-order valence-corrected chi connectivity index (χ3v) is 3.06. The lowest BCUT2D eigenvalue weighted by Gasteiger charge is -2.20. The highest BCUT2D eigenvalue weighted by Crippen LogP contribution is 2.27. The molecule has 14 heavy (non-hydrogen) atoms. The van der Waals surface area contributed by atoms with E-state index in [9.17, 15) is 8.78 Å². The van der Waals surface area contributed by atoms with E-state index in [1.807, 2.05) is 42.2 Å². The maximum atomic E-state index is 13.4. The van der Waals surface area contributed by atoms with Gasteiger partial charge in [-0.3, -0.25) is 0 Å². The fourth-order valence-electron chi connectivity index (χ4n) is 0.908. The van der Waals surface area contributed by atoms with Crippen molar-refractivity contribution in [2.24, 2.45) is 0 Å². The van der Waals surface area contributed by atoms with Gasteiger partial charge in [-0.25, -0.2) is 8.78 Å². The van der Waals surface area contributed by atoms with Crippen molar-refractivity contribution >= 4 is 30.9 Å². The molecular weight excluding hydrogens is 317 g/mol. The summed E-state index contributed by atoms with van der Waals surface area (Å²) in [5, 5.41) is 0. The summed E-state index contributed by atoms with van der Waals surface area (Å²) in [4.78, 5) is 0. The molecule has 0 aromatic heterocycles. The molecule has 0 N–H and O–H groups in total. The summed E-state index contributed by atoms with van der Waals surface area (Å²) in [7, 11) is -1.97. The highest BCUT2D eigenvalue weighted by molar-refractivity contribution is 14.1. The molecule has 1 rings (SSSR count). The van der Waals surface area contributed by atoms with E-state index < -0.39 is 20.0 Å². The van der Waals surface area contributed by atoms with Crippen LogP contribution < -0.4 is 4.43 Å². The molecular formula is C9H11F2IOSi. The van der Waals surface area contributed by atoms with Gasteiger partial charge in [0, 0.05) is 0 Å². The van der Waals surface area contributed by atoms with Gasteiger partial charge >= 0.3 is 0 Å². The van der Waals surface area contributed by atoms with Crippen LogP contribution in [0.3, 0.4) is 0 Å². The SMILES string of the molecule is C[Si](C)(C)Oc1c(F)ccc(I)c1F. The Morgan fingerprint density at radius 2 is 1.79 bits per heavy atom. The Bertz CT molecular complexity index is 349. The van der Waals surface area contributed by atoms with E-state index in [1.54, 1.807) is 0 Å². The largest absolute Gasteiger partial charge is 0.540 e. The molecule has 0 saturated heterocycles. The van der Waals surface area contributed by atoms with Crippen molar-refractivity contribution in [2.75, 3.05) is 0 Å². The standard InChI is InChI=1S/C9H11F2IOSi/c1-14(2,3)13-9-6(10)4-5-7(12)8(9)11/h4-5H,1-3H3. The van der Waals surface area contributed by atoms with Gasteiger partial charge in [-0.05, 0) is 54.4 Å². The smallest absolute Gasteiger partial charge is 0.242 e. The first-order chi connectivity index (χ1) is 6.31. The van der Waals surface area contributed by atoms with E-state index in [0.717, 1.165) is 0 Å². The Balaban J connectivity index is 3.13. The minimum atomic E-state index is -1.97. The van der Waals surface area contributed by atoms with Crippen LogP contribution in [-0.4, -0.2) is 8.32 Å². The van der Waals surface area contributed by atoms with Crippen LogP contribution in [0, 0.1) is 15.2 Å². The fraction of sp³-hybridized carbons (Fsp3) is 0.333. The molecule has 0 saturated carbocycles. The molecule has 0 aliphatic rings. The normalized spacial score (nSPS) is 11.6. The highest BCUT2D eigenvalue weighted by atomic mass is 127. The van der Waals surface area contributed by atoms with Crippen molar-refractivity contribution < 1.29 is 13.2 Å². The lowest BCUT2D eigenvalue weighted by Crippen LogP contribution is -2.30. The second kappa shape index (κ2) is 4.14. The number of halogens is 3. The van der Waals surface area contributed by atoms with Crippen molar-refractivity contribution in [2.45, 2.75) is 19.6 Å². The van der Waals surface area contributed by atoms with E-state index in [1.165, 1.54) is 12.1 Å². The maximum Gasteiger partial charge on any atom is 0.242 e. The lowest BCUT2D eigenvalue weighted by atomic mass is 10.3. The number of benzene rings is 1. The van der Waals surface area contributed by atoms with E-state index in [4.69, 9.17) is 4.43 Å². The monoisotopic (exact) mass is 328 g/mol. The second-order valence-electron chi connectivity index (χ2n) is 3.89. The Hall–Kier alpha value is -0.173. The third kappa shape index (κ3) is 2.91. The molecule has 0 amide bonds. The summed E-state index contributed by atoms with van der Waals surface area (Å²) in [6.07, 6.45) is 0. The lowest BCUT2D eigenvalue weighted by molar-refractivity contribution is 0.448. The van der Waals surface area contributed by atoms with Crippen LogP contribution in [0.4, 0.5) is 8.78 Å². The van der Waals surface area contributed by atoms with Crippen molar-refractivity contribution in [3.8, 4) is 5.75 Å². The zero-order valence-electron chi connectivity index (χ0n) is 8.20. The molecule has 78 valence electrons. The fourth-order valence-corrected chi connectivity index (χ4v) is 2.13. The van der Waals surface area contributed by atoms with Gasteiger partial charge < -0.3 is 4.43 Å². The first-order valence-electron chi connectivity index (χ1n) is 4.14. The molecule has 0 fully saturated rings. The molecule has 1 aromatic rings. The summed E-state index contributed by atoms with van der Waals surface area (Å²) in [6.45, 7) is 5.64. The van der Waals surface area contributed by atoms with Crippen molar-refractivity contribution in [3.63, 3.8) is 0 Å². The molecule has 1 aromatic carbocycles. The van der Waals surface area contributed by atoms with E-state index in [2.05, 4.69) is 0 Å². The van der Waals surface area contributed by atoms with Gasteiger partial charge in [0.2, 0.25) is 8.32 Å². The van der Waals surface area contributed by atoms with Gasteiger partial charge in [-0.15, -0.1) is 0 Å². The third-order valence-electron chi connectivity index (χ3n) is 1.41. The highest BCUT2D eigenvalue weighted by Gasteiger charge is 2.22. The topological polar surface area (TPSA) is 9.23 Å². The maximum absolute atomic E-state index is 13.4. The molecule has 0 aliphatic heterocycles. The Morgan fingerprint density at radius 3 is 2.29 bits per heavy atom. The number of hydrogen-bond donors (Lipinski definition) is 0. The summed E-state index contributed by atoms with van der Waals surface area (Å²) in [5.74, 6) is -1.48. The van der Waals surface area contributed by atoms with Gasteiger partial charge in [0.05, 0.1) is 3.57 Å². The van der Waals surface area contributed by atoms with Crippen molar-refractivity contribution in [3.05, 3.63) is 27.3 Å². The molecule has 1 nitrogen and oxygen atoms in total. The van der Waals surface area contributed by atoms with Crippen LogP contribution in [0.15, 0.2) is 12.1 Å². The van der Waals surface area contributed by atoms with Crippen LogP contribution in [0.1, 0.15) is 0 Å². The summed E-state index contributed by atoms with van der Waals surface area (Å²) in [5.41, 5.74) is 0. The van der Waals surface area contributed by atoms with Crippen molar-refractivity contribution in [1.82, 2.24) is 0 Å². The van der Waals surface area contributed by atoms with Crippen LogP contribution >= 0.6 is 22.6 Å². The van der Waals surface area contributed by atoms with Crippen molar-refractivity contribution in [1.29, 1.82) is 0 Å². The van der Waals surface area contributed by atoms with Gasteiger partial charge in [0.1, 0.15) is 0 Å². The predicted molar refractivity (Wildman–Crippen MR) is 63.0 cm³/mol. The Labute approximate surface area is 96.7 Å². The Kier molecular flexibility index (Phi) is 3.52. The molecule has 0 aliphatic carbocycles. The predicted octanol–water partition coefficient (Wildman–Crippen LogP) is 3.78. The molecule has 0 spiro atoms. The van der Waals surface area contributed by atoms with Gasteiger partial charge in [-0.1, -0.05) is 0 Å². The average molecular weight is 328 g/mol. The molecule has 5 heteroatoms. The second-order valence-corrected chi connectivity index (χ2v) is 9.48. The van der Waals surface area contributed by atoms with Gasteiger partial charge in [0.25, 0.3) is 0 Å². The minimum Gasteiger partial charge on any atom is -0.540 e. The van der Waals surface area contributed by atoms with Crippen LogP contribution in [0.2, 0.25) is 19.6 Å². The van der Waals surface area contributed by atoms with Crippen LogP contribution in [0.25, 0.3) is 0 Å². The zero-order chi connectivity index (χ0) is 10.9. The first-order valence-corrected chi connectivity index (χ1v) is 8.62. The van der Waals surface area contributed by atoms with Gasteiger partial charge in [0.15, 0.2) is 17.4 Å². The quantitative estimate of drug-likeness (QED) is 0.456. The van der Waals surface area contributed by atoms with Crippen LogP contribution in [0.5, 0.6) is 5.75 Å². The van der Waals surface area contributed by atoms with Gasteiger partial charge in [-0.2, -0.15) is 0 Å². The molecule has 0 heterocycles. The summed E-state index contributed by atoms with van der Waals surface area (Å²) < 4.78 is 32.4. The van der Waals surface area contributed by atoms with E-state index >= 15 is 0 Å². The number of hydrogen-bond acceptors (Lipinski definition) is 1. The first kappa shape index (κ1) is 11.9. The minimum absolute atomic E-state index is 0.240. The number of rotatable bonds is 2. The van der Waals surface area contributed by atoms with Crippen LogP contribution in [-0.2, 0) is 0 Å². The average Bonchev–Trinajstić information content (AvgIpc) is 2.04. The Morgan fingerprint density at radius 1 is 1.21 bits per heavy atom. The molecule has 0 bridgehead atoms.